The minimum Gasteiger partial charge on any atom is -0.469 e. The van der Waals surface area contributed by atoms with Gasteiger partial charge >= 0.3 is 5.97 Å². The lowest BCUT2D eigenvalue weighted by molar-refractivity contribution is -0.235. The Bertz CT molecular complexity index is 638. The molecule has 4 fully saturated rings. The minimum absolute atomic E-state index is 0.0237. The smallest absolute Gasteiger partial charge is 0.305 e. The summed E-state index contributed by atoms with van der Waals surface area (Å²) in [6, 6.07) is 0. The third-order valence-electron chi connectivity index (χ3n) is 9.95. The molecule has 0 aromatic rings. The monoisotopic (exact) mass is 444 g/mol. The molecule has 180 valence electrons. The largest absolute Gasteiger partial charge is 0.469 e. The van der Waals surface area contributed by atoms with Gasteiger partial charge in [-0.15, -0.1) is 0 Å². The number of fused-ring (bicyclic) bond motifs is 5. The molecule has 0 heterocycles. The van der Waals surface area contributed by atoms with Gasteiger partial charge in [-0.2, -0.15) is 0 Å². The van der Waals surface area contributed by atoms with E-state index in [1.54, 1.807) is 0 Å². The Hall–Kier alpha value is -0.740. The van der Waals surface area contributed by atoms with E-state index in [-0.39, 0.29) is 41.0 Å². The predicted octanol–water partition coefficient (Wildman–Crippen LogP) is 7.60. The fraction of sp³-hybridized carbons (Fsp3) is 0.962. The molecular weight excluding hydrogens is 401 g/mol. The van der Waals surface area contributed by atoms with Crippen molar-refractivity contribution in [2.45, 2.75) is 110 Å². The highest BCUT2D eigenvalue weighted by Crippen LogP contribution is 2.70. The zero-order chi connectivity index (χ0) is 23.0. The van der Waals surface area contributed by atoms with Crippen molar-refractivity contribution < 1.29 is 22.7 Å². The number of hydrogen-bond donors (Lipinski definition) is 0. The first-order chi connectivity index (χ1) is 14.6. The van der Waals surface area contributed by atoms with Crippen LogP contribution in [0.4, 0.5) is 13.2 Å². The van der Waals surface area contributed by atoms with Crippen LogP contribution in [0.2, 0.25) is 0 Å². The van der Waals surface area contributed by atoms with Crippen LogP contribution in [0.15, 0.2) is 0 Å². The predicted molar refractivity (Wildman–Crippen MR) is 118 cm³/mol. The molecule has 0 amide bonds. The highest BCUT2D eigenvalue weighted by Gasteiger charge is 2.67. The standard InChI is InChI=1S/C24H37F3O2.C2H6/c1-22-12-10-19-21(18(22)8-7-15(22)5-4-6-20(28)29-3)24(26,27)14-16-13-17(25)9-11-23(16,19)2;1-2/h15-19,21H,4-14H2,1-3H3;1-2H3. The Morgan fingerprint density at radius 3 is 2.32 bits per heavy atom. The van der Waals surface area contributed by atoms with Crippen LogP contribution in [-0.2, 0) is 9.53 Å². The van der Waals surface area contributed by atoms with Gasteiger partial charge in [-0.05, 0) is 92.3 Å². The number of carbonyl (C=O) groups excluding carboxylic acids is 1. The summed E-state index contributed by atoms with van der Waals surface area (Å²) in [5.74, 6) is -3.10. The highest BCUT2D eigenvalue weighted by atomic mass is 19.3. The van der Waals surface area contributed by atoms with E-state index in [0.717, 1.165) is 44.9 Å². The summed E-state index contributed by atoms with van der Waals surface area (Å²) in [5.41, 5.74) is -0.180. The normalized spacial score (nSPS) is 45.4. The number of alkyl halides is 3. The van der Waals surface area contributed by atoms with E-state index in [1.807, 2.05) is 13.8 Å². The van der Waals surface area contributed by atoms with Crippen LogP contribution in [0.3, 0.4) is 0 Å². The lowest BCUT2D eigenvalue weighted by Gasteiger charge is -2.62. The Balaban J connectivity index is 0.00000132. The van der Waals surface area contributed by atoms with Crippen LogP contribution in [0.25, 0.3) is 0 Å². The second-order valence-electron chi connectivity index (χ2n) is 11.1. The quantitative estimate of drug-likeness (QED) is 0.417. The molecule has 0 aromatic carbocycles. The van der Waals surface area contributed by atoms with Gasteiger partial charge in [-0.1, -0.05) is 27.7 Å². The summed E-state index contributed by atoms with van der Waals surface area (Å²) in [4.78, 5) is 11.5. The topological polar surface area (TPSA) is 26.3 Å². The molecule has 0 aromatic heterocycles. The lowest BCUT2D eigenvalue weighted by Crippen LogP contribution is -2.60. The SMILES string of the molecule is CC.COC(=O)CCCC1CCC2C3C(CCC12C)C1(C)CCC(F)CC1CC3(F)F. The molecular formula is C26H43F3O2. The van der Waals surface area contributed by atoms with Gasteiger partial charge in [0.1, 0.15) is 6.17 Å². The average molecular weight is 445 g/mol. The van der Waals surface area contributed by atoms with E-state index in [9.17, 15) is 9.18 Å². The zero-order valence-corrected chi connectivity index (χ0v) is 20.2. The summed E-state index contributed by atoms with van der Waals surface area (Å²) in [7, 11) is 1.41. The second-order valence-corrected chi connectivity index (χ2v) is 11.1. The maximum absolute atomic E-state index is 15.6. The van der Waals surface area contributed by atoms with Crippen molar-refractivity contribution in [3.8, 4) is 0 Å². The molecule has 5 heteroatoms. The van der Waals surface area contributed by atoms with Crippen LogP contribution in [0.1, 0.15) is 98.3 Å². The molecule has 4 aliphatic rings. The number of rotatable bonds is 4. The van der Waals surface area contributed by atoms with Gasteiger partial charge in [0.2, 0.25) is 0 Å². The van der Waals surface area contributed by atoms with Crippen LogP contribution >= 0.6 is 0 Å². The van der Waals surface area contributed by atoms with Gasteiger partial charge in [0.25, 0.3) is 5.92 Å². The summed E-state index contributed by atoms with van der Waals surface area (Å²) in [6.45, 7) is 8.44. The maximum Gasteiger partial charge on any atom is 0.305 e. The Morgan fingerprint density at radius 2 is 1.65 bits per heavy atom. The number of esters is 1. The van der Waals surface area contributed by atoms with Crippen molar-refractivity contribution >= 4 is 5.97 Å². The van der Waals surface area contributed by atoms with Crippen LogP contribution in [0.5, 0.6) is 0 Å². The Kier molecular flexibility index (Phi) is 7.43. The highest BCUT2D eigenvalue weighted by molar-refractivity contribution is 5.68. The first-order valence-electron chi connectivity index (χ1n) is 12.7. The Labute approximate surface area is 187 Å². The molecule has 31 heavy (non-hydrogen) atoms. The summed E-state index contributed by atoms with van der Waals surface area (Å²) in [6.07, 6.45) is 6.46. The molecule has 0 bridgehead atoms. The van der Waals surface area contributed by atoms with Gasteiger partial charge in [0, 0.05) is 18.8 Å². The number of ether oxygens (including phenoxy) is 1. The molecule has 8 unspecified atom stereocenters. The first-order valence-corrected chi connectivity index (χ1v) is 12.7. The Morgan fingerprint density at radius 1 is 1.00 bits per heavy atom. The summed E-state index contributed by atoms with van der Waals surface area (Å²) < 4.78 is 49.9. The maximum atomic E-state index is 15.6. The van der Waals surface area contributed by atoms with Gasteiger partial charge in [0.05, 0.1) is 7.11 Å². The van der Waals surface area contributed by atoms with Crippen molar-refractivity contribution in [2.75, 3.05) is 7.11 Å². The van der Waals surface area contributed by atoms with Crippen LogP contribution in [0, 0.1) is 40.4 Å². The molecule has 4 aliphatic carbocycles. The number of methoxy groups -OCH3 is 1. The third-order valence-corrected chi connectivity index (χ3v) is 9.95. The molecule has 0 aliphatic heterocycles. The number of halogens is 3. The molecule has 0 N–H and O–H groups in total. The molecule has 2 nitrogen and oxygen atoms in total. The van der Waals surface area contributed by atoms with Crippen molar-refractivity contribution in [2.24, 2.45) is 40.4 Å². The van der Waals surface area contributed by atoms with Crippen molar-refractivity contribution in [3.63, 3.8) is 0 Å². The van der Waals surface area contributed by atoms with Crippen molar-refractivity contribution in [1.29, 1.82) is 0 Å². The fourth-order valence-corrected chi connectivity index (χ4v) is 8.28. The zero-order valence-electron chi connectivity index (χ0n) is 20.2. The molecule has 8 atom stereocenters. The van der Waals surface area contributed by atoms with E-state index < -0.39 is 18.0 Å². The van der Waals surface area contributed by atoms with Crippen molar-refractivity contribution in [3.05, 3.63) is 0 Å². The van der Waals surface area contributed by atoms with Gasteiger partial charge in [-0.25, -0.2) is 13.2 Å². The average Bonchev–Trinajstić information content (AvgIpc) is 3.07. The van der Waals surface area contributed by atoms with E-state index in [1.165, 1.54) is 7.11 Å². The first kappa shape index (κ1) is 24.9. The van der Waals surface area contributed by atoms with Gasteiger partial charge < -0.3 is 4.74 Å². The number of carbonyl (C=O) groups is 1. The molecule has 4 saturated carbocycles. The van der Waals surface area contributed by atoms with E-state index in [0.29, 0.717) is 25.2 Å². The van der Waals surface area contributed by atoms with Crippen molar-refractivity contribution in [1.82, 2.24) is 0 Å². The van der Waals surface area contributed by atoms with Gasteiger partial charge in [-0.3, -0.25) is 4.79 Å². The molecule has 4 rings (SSSR count). The van der Waals surface area contributed by atoms with Crippen LogP contribution in [-0.4, -0.2) is 25.2 Å². The third kappa shape index (κ3) is 4.28. The minimum atomic E-state index is -2.68. The van der Waals surface area contributed by atoms with Gasteiger partial charge in [0.15, 0.2) is 0 Å². The summed E-state index contributed by atoms with van der Waals surface area (Å²) in [5, 5.41) is 0. The van der Waals surface area contributed by atoms with E-state index in [2.05, 4.69) is 13.8 Å². The van der Waals surface area contributed by atoms with E-state index in [4.69, 9.17) is 4.74 Å². The number of hydrogen-bond acceptors (Lipinski definition) is 2. The molecule has 0 radical (unpaired) electrons. The second kappa shape index (κ2) is 9.25. The summed E-state index contributed by atoms with van der Waals surface area (Å²) >= 11 is 0. The lowest BCUT2D eigenvalue weighted by atomic mass is 9.43. The molecule has 0 saturated heterocycles. The molecule has 0 spiro atoms. The van der Waals surface area contributed by atoms with Crippen LogP contribution < -0.4 is 0 Å². The van der Waals surface area contributed by atoms with E-state index >= 15 is 8.78 Å². The fourth-order valence-electron chi connectivity index (χ4n) is 8.28.